The van der Waals surface area contributed by atoms with Crippen molar-refractivity contribution in [3.8, 4) is 0 Å². The van der Waals surface area contributed by atoms with Crippen LogP contribution in [0, 0.1) is 0 Å². The van der Waals surface area contributed by atoms with E-state index in [2.05, 4.69) is 15.3 Å². The van der Waals surface area contributed by atoms with E-state index in [1.807, 2.05) is 6.92 Å². The Kier molecular flexibility index (Phi) is 3.78. The van der Waals surface area contributed by atoms with Crippen LogP contribution in [0.25, 0.3) is 0 Å². The number of carbonyl (C=O) groups is 1. The lowest BCUT2D eigenvalue weighted by molar-refractivity contribution is 0.0922. The van der Waals surface area contributed by atoms with Crippen LogP contribution in [0.1, 0.15) is 30.3 Å². The van der Waals surface area contributed by atoms with Gasteiger partial charge in [0.25, 0.3) is 5.91 Å². The smallest absolute Gasteiger partial charge is 0.269 e. The highest BCUT2D eigenvalue weighted by atomic mass is 16.2. The number of nitrogens with one attached hydrogen (secondary N) is 1. The molecule has 1 saturated heterocycles. The number of hydrogen-bond acceptors (Lipinski definition) is 3. The van der Waals surface area contributed by atoms with Crippen molar-refractivity contribution in [2.24, 2.45) is 7.05 Å². The zero-order chi connectivity index (χ0) is 12.3. The molecule has 1 aromatic heterocycles. The summed E-state index contributed by atoms with van der Waals surface area (Å²) in [6, 6.07) is 1.91. The summed E-state index contributed by atoms with van der Waals surface area (Å²) in [6.07, 6.45) is 4.20. The van der Waals surface area contributed by atoms with Crippen LogP contribution in [0.3, 0.4) is 0 Å². The monoisotopic (exact) mass is 236 g/mol. The summed E-state index contributed by atoms with van der Waals surface area (Å²) >= 11 is 0. The predicted octanol–water partition coefficient (Wildman–Crippen LogP) is 0.634. The number of rotatable bonds is 4. The van der Waals surface area contributed by atoms with Crippen LogP contribution in [0.2, 0.25) is 0 Å². The minimum Gasteiger partial charge on any atom is -0.347 e. The topological polar surface area (TPSA) is 50.2 Å². The normalized spacial score (nSPS) is 18.2. The van der Waals surface area contributed by atoms with Crippen LogP contribution in [0.4, 0.5) is 0 Å². The number of likely N-dealkylation sites (tertiary alicyclic amines) is 1. The Morgan fingerprint density at radius 2 is 2.24 bits per heavy atom. The molecule has 1 amide bonds. The molecule has 17 heavy (non-hydrogen) atoms. The Balaban J connectivity index is 1.83. The molecule has 2 rings (SSSR count). The third kappa shape index (κ3) is 3.06. The molecule has 5 nitrogen and oxygen atoms in total. The van der Waals surface area contributed by atoms with Gasteiger partial charge in [0.2, 0.25) is 0 Å². The molecule has 0 bridgehead atoms. The lowest BCUT2D eigenvalue weighted by atomic mass is 10.3. The lowest BCUT2D eigenvalue weighted by Crippen LogP contribution is -2.41. The van der Waals surface area contributed by atoms with Gasteiger partial charge in [-0.05, 0) is 38.9 Å². The first-order valence-corrected chi connectivity index (χ1v) is 6.18. The number of hydrogen-bond donors (Lipinski definition) is 1. The average Bonchev–Trinajstić information content (AvgIpc) is 2.88. The molecule has 0 spiro atoms. The molecule has 1 aliphatic heterocycles. The maximum Gasteiger partial charge on any atom is 0.269 e. The summed E-state index contributed by atoms with van der Waals surface area (Å²) in [7, 11) is 1.78. The van der Waals surface area contributed by atoms with Crippen molar-refractivity contribution in [3.05, 3.63) is 18.0 Å². The Morgan fingerprint density at radius 1 is 1.53 bits per heavy atom. The van der Waals surface area contributed by atoms with Crippen LogP contribution in [0.5, 0.6) is 0 Å². The van der Waals surface area contributed by atoms with Gasteiger partial charge in [-0.15, -0.1) is 0 Å². The molecule has 5 heteroatoms. The minimum atomic E-state index is -0.0447. The zero-order valence-electron chi connectivity index (χ0n) is 10.5. The van der Waals surface area contributed by atoms with E-state index in [0.29, 0.717) is 5.69 Å². The fraction of sp³-hybridized carbons (Fsp3) is 0.667. The van der Waals surface area contributed by atoms with Gasteiger partial charge < -0.3 is 10.2 Å². The third-order valence-corrected chi connectivity index (χ3v) is 3.16. The SMILES string of the molecule is C[C@@H](CN1CCCC1)NC(=O)c1ccnn1C. The molecular formula is C12H20N4O. The Morgan fingerprint density at radius 3 is 2.82 bits per heavy atom. The molecular weight excluding hydrogens is 216 g/mol. The second-order valence-electron chi connectivity index (χ2n) is 4.72. The maximum atomic E-state index is 11.9. The van der Waals surface area contributed by atoms with Crippen molar-refractivity contribution >= 4 is 5.91 Å². The largest absolute Gasteiger partial charge is 0.347 e. The van der Waals surface area contributed by atoms with E-state index >= 15 is 0 Å². The summed E-state index contributed by atoms with van der Waals surface area (Å²) < 4.78 is 1.60. The standard InChI is InChI=1S/C12H20N4O/c1-10(9-16-7-3-4-8-16)14-12(17)11-5-6-13-15(11)2/h5-6,10H,3-4,7-9H2,1-2H3,(H,14,17)/t10-/m0/s1. The van der Waals surface area contributed by atoms with Crippen LogP contribution in [0.15, 0.2) is 12.3 Å². The molecule has 1 aromatic rings. The number of amides is 1. The molecule has 1 atom stereocenters. The van der Waals surface area contributed by atoms with Gasteiger partial charge in [0.1, 0.15) is 5.69 Å². The van der Waals surface area contributed by atoms with Crippen molar-refractivity contribution in [1.82, 2.24) is 20.0 Å². The van der Waals surface area contributed by atoms with Crippen LogP contribution < -0.4 is 5.32 Å². The van der Waals surface area contributed by atoms with E-state index in [9.17, 15) is 4.79 Å². The zero-order valence-corrected chi connectivity index (χ0v) is 10.5. The molecule has 1 aliphatic rings. The van der Waals surface area contributed by atoms with Crippen LogP contribution in [-0.4, -0.2) is 46.3 Å². The highest BCUT2D eigenvalue weighted by Crippen LogP contribution is 2.07. The quantitative estimate of drug-likeness (QED) is 0.834. The highest BCUT2D eigenvalue weighted by molar-refractivity contribution is 5.92. The van der Waals surface area contributed by atoms with Gasteiger partial charge in [-0.25, -0.2) is 0 Å². The fourth-order valence-corrected chi connectivity index (χ4v) is 2.29. The average molecular weight is 236 g/mol. The van der Waals surface area contributed by atoms with Gasteiger partial charge in [0.05, 0.1) is 0 Å². The minimum absolute atomic E-state index is 0.0447. The Labute approximate surface area is 102 Å². The molecule has 2 heterocycles. The summed E-state index contributed by atoms with van der Waals surface area (Å²) in [5, 5.41) is 7.00. The van der Waals surface area contributed by atoms with Crippen molar-refractivity contribution in [1.29, 1.82) is 0 Å². The number of aryl methyl sites for hydroxylation is 1. The molecule has 0 unspecified atom stereocenters. The van der Waals surface area contributed by atoms with Crippen molar-refractivity contribution in [3.63, 3.8) is 0 Å². The van der Waals surface area contributed by atoms with Gasteiger partial charge in [-0.2, -0.15) is 5.10 Å². The molecule has 0 saturated carbocycles. The second kappa shape index (κ2) is 5.31. The maximum absolute atomic E-state index is 11.9. The molecule has 1 N–H and O–H groups in total. The summed E-state index contributed by atoms with van der Waals surface area (Å²) in [5.41, 5.74) is 0.610. The Bertz CT molecular complexity index is 382. The predicted molar refractivity (Wildman–Crippen MR) is 65.8 cm³/mol. The van der Waals surface area contributed by atoms with Gasteiger partial charge in [-0.3, -0.25) is 9.48 Å². The third-order valence-electron chi connectivity index (χ3n) is 3.16. The van der Waals surface area contributed by atoms with E-state index in [1.165, 1.54) is 12.8 Å². The lowest BCUT2D eigenvalue weighted by Gasteiger charge is -2.21. The van der Waals surface area contributed by atoms with E-state index in [4.69, 9.17) is 0 Å². The fourth-order valence-electron chi connectivity index (χ4n) is 2.29. The summed E-state index contributed by atoms with van der Waals surface area (Å²) in [4.78, 5) is 14.3. The van der Waals surface area contributed by atoms with Crippen molar-refractivity contribution < 1.29 is 4.79 Å². The van der Waals surface area contributed by atoms with Crippen LogP contribution >= 0.6 is 0 Å². The Hall–Kier alpha value is -1.36. The summed E-state index contributed by atoms with van der Waals surface area (Å²) in [6.45, 7) is 5.30. The first-order valence-electron chi connectivity index (χ1n) is 6.18. The molecule has 94 valence electrons. The highest BCUT2D eigenvalue weighted by Gasteiger charge is 2.17. The number of nitrogens with zero attached hydrogens (tertiary/aromatic N) is 3. The van der Waals surface area contributed by atoms with E-state index < -0.39 is 0 Å². The van der Waals surface area contributed by atoms with Gasteiger partial charge in [0.15, 0.2) is 0 Å². The van der Waals surface area contributed by atoms with Crippen LogP contribution in [-0.2, 0) is 7.05 Å². The van der Waals surface area contributed by atoms with Gasteiger partial charge in [0, 0.05) is 25.8 Å². The van der Waals surface area contributed by atoms with Crippen molar-refractivity contribution in [2.45, 2.75) is 25.8 Å². The van der Waals surface area contributed by atoms with Gasteiger partial charge >= 0.3 is 0 Å². The molecule has 0 radical (unpaired) electrons. The van der Waals surface area contributed by atoms with E-state index in [0.717, 1.165) is 19.6 Å². The molecule has 0 aromatic carbocycles. The molecule has 0 aliphatic carbocycles. The first-order chi connectivity index (χ1) is 8.16. The summed E-state index contributed by atoms with van der Waals surface area (Å²) in [5.74, 6) is -0.0447. The van der Waals surface area contributed by atoms with Crippen molar-refractivity contribution in [2.75, 3.05) is 19.6 Å². The molecule has 1 fully saturated rings. The van der Waals surface area contributed by atoms with Gasteiger partial charge in [-0.1, -0.05) is 0 Å². The van der Waals surface area contributed by atoms with E-state index in [1.54, 1.807) is 24.0 Å². The number of carbonyl (C=O) groups excluding carboxylic acids is 1. The second-order valence-corrected chi connectivity index (χ2v) is 4.72. The first kappa shape index (κ1) is 12.1. The number of aromatic nitrogens is 2. The van der Waals surface area contributed by atoms with E-state index in [-0.39, 0.29) is 11.9 Å².